The molecule has 14 nitrogen and oxygen atoms in total. The van der Waals surface area contributed by atoms with E-state index in [2.05, 4.69) is 54.8 Å². The summed E-state index contributed by atoms with van der Waals surface area (Å²) in [5.41, 5.74) is 5.51. The lowest BCUT2D eigenvalue weighted by molar-refractivity contribution is -0.135. The first-order chi connectivity index (χ1) is 27.2. The topological polar surface area (TPSA) is 197 Å². The van der Waals surface area contributed by atoms with Crippen molar-refractivity contribution in [3.63, 3.8) is 0 Å². The first-order valence-corrected chi connectivity index (χ1v) is 19.1. The third-order valence-corrected chi connectivity index (χ3v) is 10.7. The first kappa shape index (κ1) is 37.9. The second-order valence-corrected chi connectivity index (χ2v) is 14.4. The highest BCUT2D eigenvalue weighted by molar-refractivity contribution is 5.88. The van der Waals surface area contributed by atoms with Crippen molar-refractivity contribution in [2.75, 3.05) is 13.1 Å². The molecule has 7 rings (SSSR count). The number of carbonyl (C=O) groups excluding carboxylic acids is 2. The summed E-state index contributed by atoms with van der Waals surface area (Å²) in [6.07, 6.45) is 7.35. The van der Waals surface area contributed by atoms with Crippen molar-refractivity contribution < 1.29 is 29.4 Å². The van der Waals surface area contributed by atoms with Gasteiger partial charge in [0.2, 0.25) is 0 Å². The molecule has 0 aliphatic carbocycles. The number of benzene rings is 3. The maximum Gasteiger partial charge on any atom is 0.405 e. The van der Waals surface area contributed by atoms with Gasteiger partial charge in [0.25, 0.3) is 11.8 Å². The van der Waals surface area contributed by atoms with Crippen molar-refractivity contribution in [1.82, 2.24) is 40.4 Å². The van der Waals surface area contributed by atoms with Crippen LogP contribution < -0.4 is 10.6 Å². The average molecular weight is 759 g/mol. The van der Waals surface area contributed by atoms with Gasteiger partial charge in [0.15, 0.2) is 0 Å². The predicted molar refractivity (Wildman–Crippen MR) is 206 cm³/mol. The molecule has 3 aromatic carbocycles. The van der Waals surface area contributed by atoms with E-state index in [0.29, 0.717) is 35.9 Å². The highest BCUT2D eigenvalue weighted by Gasteiger charge is 2.38. The quantitative estimate of drug-likeness (QED) is 0.0787. The molecule has 2 fully saturated rings. The summed E-state index contributed by atoms with van der Waals surface area (Å²) >= 11 is 0. The second kappa shape index (κ2) is 17.4. The average Bonchev–Trinajstić information content (AvgIpc) is 4.05. The van der Waals surface area contributed by atoms with E-state index in [4.69, 9.17) is 0 Å². The van der Waals surface area contributed by atoms with Crippen LogP contribution >= 0.6 is 0 Å². The number of carboxylic acid groups (broad SMARTS) is 2. The standard InChI is InChI=1S/C42H46N8O6/c51-39(35(47-41(53)54)29-9-3-1-4-10-29)49-23-7-13-33(49)37-43-25-31(45-37)21-19-27-15-17-28(18-16-27)20-22-32-26-44-38(46-32)34-14-8-24-50(34)40(52)36(48-42(55)56)30-11-5-2-6-12-30/h1-6,9-12,15-18,25-26,33-36,47-48H,7-8,13-14,19-24H2,(H,43,45)(H,44,46)(H,53,54)(H,55,56)/t33-,34-,35+,36+/m0/s1. The van der Waals surface area contributed by atoms with Gasteiger partial charge in [-0.3, -0.25) is 9.59 Å². The number of H-pyrrole nitrogens is 2. The first-order valence-electron chi connectivity index (χ1n) is 19.1. The van der Waals surface area contributed by atoms with Crippen LogP contribution in [-0.4, -0.2) is 77.0 Å². The molecule has 2 saturated heterocycles. The van der Waals surface area contributed by atoms with Crippen molar-refractivity contribution in [3.05, 3.63) is 143 Å². The number of aromatic nitrogens is 4. The number of amides is 4. The molecule has 5 aromatic rings. The lowest BCUT2D eigenvalue weighted by Crippen LogP contribution is -2.42. The summed E-state index contributed by atoms with van der Waals surface area (Å²) in [7, 11) is 0. The van der Waals surface area contributed by atoms with Gasteiger partial charge in [0.1, 0.15) is 23.7 Å². The molecule has 0 radical (unpaired) electrons. The van der Waals surface area contributed by atoms with Gasteiger partial charge in [-0.05, 0) is 73.6 Å². The molecular formula is C42H46N8O6. The third kappa shape index (κ3) is 8.91. The summed E-state index contributed by atoms with van der Waals surface area (Å²) in [6, 6.07) is 23.9. The van der Waals surface area contributed by atoms with Gasteiger partial charge in [-0.1, -0.05) is 84.9 Å². The molecular weight excluding hydrogens is 713 g/mol. The van der Waals surface area contributed by atoms with Crippen molar-refractivity contribution in [1.29, 1.82) is 0 Å². The van der Waals surface area contributed by atoms with E-state index < -0.39 is 24.3 Å². The number of imidazole rings is 2. The van der Waals surface area contributed by atoms with Crippen LogP contribution in [0.1, 0.15) is 95.1 Å². The Bertz CT molecular complexity index is 1970. The molecule has 6 N–H and O–H groups in total. The Labute approximate surface area is 324 Å². The van der Waals surface area contributed by atoms with Crippen LogP contribution in [0.15, 0.2) is 97.3 Å². The Balaban J connectivity index is 0.912. The number of aromatic amines is 2. The maximum atomic E-state index is 13.6. The Morgan fingerprint density at radius 2 is 1.00 bits per heavy atom. The maximum absolute atomic E-state index is 13.6. The monoisotopic (exact) mass is 758 g/mol. The summed E-state index contributed by atoms with van der Waals surface area (Å²) in [5.74, 6) is 0.848. The van der Waals surface area contributed by atoms with E-state index in [0.717, 1.165) is 62.8 Å². The number of hydrogen-bond acceptors (Lipinski definition) is 6. The van der Waals surface area contributed by atoms with Gasteiger partial charge in [0.05, 0.1) is 12.1 Å². The van der Waals surface area contributed by atoms with Crippen molar-refractivity contribution in [2.45, 2.75) is 75.5 Å². The van der Waals surface area contributed by atoms with Gasteiger partial charge in [-0.2, -0.15) is 0 Å². The number of hydrogen-bond donors (Lipinski definition) is 6. The Morgan fingerprint density at radius 3 is 1.38 bits per heavy atom. The number of rotatable bonds is 14. The molecule has 4 heterocycles. The minimum absolute atomic E-state index is 0.254. The van der Waals surface area contributed by atoms with Gasteiger partial charge in [-0.15, -0.1) is 0 Å². The SMILES string of the molecule is O=C(O)N[C@@H](C(=O)N1CCC[C@H]1c1ncc(CCc2ccc(CCc3cnc([C@@H]4CCCN4C(=O)[C@H](NC(=O)O)c4ccccc4)[nH]3)cc2)[nH]1)c1ccccc1. The van der Waals surface area contributed by atoms with E-state index in [-0.39, 0.29) is 23.9 Å². The van der Waals surface area contributed by atoms with Crippen LogP contribution in [0.2, 0.25) is 0 Å². The van der Waals surface area contributed by atoms with Crippen LogP contribution in [0.4, 0.5) is 9.59 Å². The molecule has 14 heteroatoms. The molecule has 2 aliphatic rings. The Hall–Kier alpha value is -6.44. The zero-order valence-electron chi connectivity index (χ0n) is 30.9. The third-order valence-electron chi connectivity index (χ3n) is 10.7. The fraction of sp³-hybridized carbons (Fsp3) is 0.333. The summed E-state index contributed by atoms with van der Waals surface area (Å²) in [6.45, 7) is 1.06. The molecule has 2 aliphatic heterocycles. The number of nitrogens with one attached hydrogen (secondary N) is 4. The van der Waals surface area contributed by atoms with Crippen LogP contribution in [0.3, 0.4) is 0 Å². The molecule has 56 heavy (non-hydrogen) atoms. The molecule has 290 valence electrons. The Morgan fingerprint density at radius 1 is 0.607 bits per heavy atom. The predicted octanol–water partition coefficient (Wildman–Crippen LogP) is 6.05. The zero-order valence-corrected chi connectivity index (χ0v) is 30.9. The second-order valence-electron chi connectivity index (χ2n) is 14.4. The number of likely N-dealkylation sites (tertiary alicyclic amines) is 2. The van der Waals surface area contributed by atoms with Crippen molar-refractivity contribution >= 4 is 24.0 Å². The van der Waals surface area contributed by atoms with E-state index >= 15 is 0 Å². The molecule has 2 aromatic heterocycles. The van der Waals surface area contributed by atoms with E-state index in [1.165, 1.54) is 11.1 Å². The lowest BCUT2D eigenvalue weighted by Gasteiger charge is -2.28. The van der Waals surface area contributed by atoms with Gasteiger partial charge >= 0.3 is 12.2 Å². The highest BCUT2D eigenvalue weighted by Crippen LogP contribution is 2.34. The van der Waals surface area contributed by atoms with Crippen LogP contribution in [0.5, 0.6) is 0 Å². The molecule has 4 atom stereocenters. The molecule has 0 unspecified atom stereocenters. The van der Waals surface area contributed by atoms with Crippen molar-refractivity contribution in [2.24, 2.45) is 0 Å². The summed E-state index contributed by atoms with van der Waals surface area (Å²) in [5, 5.41) is 23.7. The highest BCUT2D eigenvalue weighted by atomic mass is 16.4. The zero-order chi connectivity index (χ0) is 39.0. The summed E-state index contributed by atoms with van der Waals surface area (Å²) < 4.78 is 0. The smallest absolute Gasteiger partial charge is 0.405 e. The molecule has 0 bridgehead atoms. The van der Waals surface area contributed by atoms with E-state index in [1.807, 2.05) is 24.5 Å². The fourth-order valence-corrected chi connectivity index (χ4v) is 7.85. The Kier molecular flexibility index (Phi) is 11.7. The number of nitrogens with zero attached hydrogens (tertiary/aromatic N) is 4. The van der Waals surface area contributed by atoms with E-state index in [9.17, 15) is 29.4 Å². The molecule has 4 amide bonds. The number of carbonyl (C=O) groups is 4. The largest absolute Gasteiger partial charge is 0.465 e. The van der Waals surface area contributed by atoms with E-state index in [1.54, 1.807) is 58.3 Å². The fourth-order valence-electron chi connectivity index (χ4n) is 7.85. The normalized spacial score (nSPS) is 17.7. The van der Waals surface area contributed by atoms with Crippen LogP contribution in [0.25, 0.3) is 0 Å². The summed E-state index contributed by atoms with van der Waals surface area (Å²) in [4.78, 5) is 70.0. The van der Waals surface area contributed by atoms with Gasteiger partial charge in [0, 0.05) is 36.9 Å². The minimum Gasteiger partial charge on any atom is -0.465 e. The van der Waals surface area contributed by atoms with Gasteiger partial charge in [-0.25, -0.2) is 19.6 Å². The minimum atomic E-state index is -1.25. The number of aryl methyl sites for hydroxylation is 4. The molecule has 0 spiro atoms. The lowest BCUT2D eigenvalue weighted by atomic mass is 10.0. The molecule has 0 saturated carbocycles. The van der Waals surface area contributed by atoms with Crippen molar-refractivity contribution in [3.8, 4) is 0 Å². The van der Waals surface area contributed by atoms with Crippen LogP contribution in [-0.2, 0) is 35.3 Å². The van der Waals surface area contributed by atoms with Crippen LogP contribution in [0, 0.1) is 0 Å². The van der Waals surface area contributed by atoms with Gasteiger partial charge < -0.3 is 40.6 Å².